The van der Waals surface area contributed by atoms with E-state index in [1.54, 1.807) is 7.11 Å². The van der Waals surface area contributed by atoms with Gasteiger partial charge in [0.1, 0.15) is 5.75 Å². The lowest BCUT2D eigenvalue weighted by Gasteiger charge is -2.22. The van der Waals surface area contributed by atoms with Crippen molar-refractivity contribution >= 4 is 34.1 Å². The number of benzene rings is 2. The molecule has 0 aliphatic heterocycles. The van der Waals surface area contributed by atoms with Crippen LogP contribution in [-0.4, -0.2) is 18.0 Å². The first-order valence-electron chi connectivity index (χ1n) is 8.38. The number of H-pyrrole nitrogens is 1. The Morgan fingerprint density at radius 2 is 2.12 bits per heavy atom. The van der Waals surface area contributed by atoms with Crippen LogP contribution in [0.15, 0.2) is 42.5 Å². The van der Waals surface area contributed by atoms with Gasteiger partial charge in [0, 0.05) is 27.5 Å². The third kappa shape index (κ3) is 2.98. The lowest BCUT2D eigenvalue weighted by atomic mass is 9.85. The summed E-state index contributed by atoms with van der Waals surface area (Å²) in [6, 6.07) is 13.3. The third-order valence-corrected chi connectivity index (χ3v) is 5.12. The number of ether oxygens (including phenoxy) is 1. The molecule has 0 saturated carbocycles. The first-order chi connectivity index (χ1) is 12.2. The summed E-state index contributed by atoms with van der Waals surface area (Å²) >= 11 is 6.15. The van der Waals surface area contributed by atoms with E-state index in [1.807, 2.05) is 42.5 Å². The summed E-state index contributed by atoms with van der Waals surface area (Å²) in [6.07, 6.45) is 2.41. The van der Waals surface area contributed by atoms with Gasteiger partial charge < -0.3 is 15.0 Å². The summed E-state index contributed by atoms with van der Waals surface area (Å²) in [5, 5.41) is 4.85. The Bertz CT molecular complexity index is 948. The van der Waals surface area contributed by atoms with E-state index >= 15 is 0 Å². The SMILES string of the molecule is COc1ccccc1NC(=O)C1CCc2[nH]c3ccc(Cl)cc3c2C1. The Labute approximate surface area is 151 Å². The van der Waals surface area contributed by atoms with Crippen molar-refractivity contribution in [2.24, 2.45) is 5.92 Å². The molecular weight excluding hydrogens is 336 g/mol. The maximum absolute atomic E-state index is 12.8. The van der Waals surface area contributed by atoms with Crippen LogP contribution in [0.4, 0.5) is 5.69 Å². The second-order valence-corrected chi connectivity index (χ2v) is 6.84. The van der Waals surface area contributed by atoms with Crippen LogP contribution in [0.2, 0.25) is 5.02 Å². The summed E-state index contributed by atoms with van der Waals surface area (Å²) in [5.41, 5.74) is 4.23. The number of rotatable bonds is 3. The van der Waals surface area contributed by atoms with E-state index in [1.165, 1.54) is 11.3 Å². The van der Waals surface area contributed by atoms with Crippen LogP contribution >= 0.6 is 11.6 Å². The smallest absolute Gasteiger partial charge is 0.227 e. The average Bonchev–Trinajstić information content (AvgIpc) is 2.99. The molecule has 3 aromatic rings. The molecule has 0 spiro atoms. The Kier molecular flexibility index (Phi) is 4.14. The molecule has 1 aliphatic rings. The van der Waals surface area contributed by atoms with E-state index in [9.17, 15) is 4.79 Å². The molecule has 1 aromatic heterocycles. The number of carbonyl (C=O) groups is 1. The predicted octanol–water partition coefficient (Wildman–Crippen LogP) is 4.57. The fourth-order valence-electron chi connectivity index (χ4n) is 3.60. The molecule has 1 aliphatic carbocycles. The fourth-order valence-corrected chi connectivity index (χ4v) is 3.77. The summed E-state index contributed by atoms with van der Waals surface area (Å²) in [6.45, 7) is 0. The average molecular weight is 355 g/mol. The molecule has 0 fully saturated rings. The molecule has 1 heterocycles. The van der Waals surface area contributed by atoms with E-state index in [2.05, 4.69) is 10.3 Å². The zero-order chi connectivity index (χ0) is 17.4. The van der Waals surface area contributed by atoms with E-state index in [0.29, 0.717) is 11.4 Å². The molecule has 1 unspecified atom stereocenters. The number of fused-ring (bicyclic) bond motifs is 3. The van der Waals surface area contributed by atoms with Crippen molar-refractivity contribution in [3.8, 4) is 5.75 Å². The number of methoxy groups -OCH3 is 1. The van der Waals surface area contributed by atoms with E-state index in [0.717, 1.165) is 35.2 Å². The highest BCUT2D eigenvalue weighted by atomic mass is 35.5. The van der Waals surface area contributed by atoms with Gasteiger partial charge in [-0.3, -0.25) is 4.79 Å². The molecule has 4 nitrogen and oxygen atoms in total. The zero-order valence-corrected chi connectivity index (χ0v) is 14.7. The first kappa shape index (κ1) is 16.0. The molecule has 0 bridgehead atoms. The molecule has 128 valence electrons. The number of nitrogens with one attached hydrogen (secondary N) is 2. The summed E-state index contributed by atoms with van der Waals surface area (Å²) in [5.74, 6) is 0.646. The van der Waals surface area contributed by atoms with E-state index in [-0.39, 0.29) is 11.8 Å². The molecular formula is C20H19ClN2O2. The van der Waals surface area contributed by atoms with Crippen LogP contribution in [0, 0.1) is 5.92 Å². The first-order valence-corrected chi connectivity index (χ1v) is 8.76. The topological polar surface area (TPSA) is 54.1 Å². The van der Waals surface area contributed by atoms with Crippen LogP contribution in [0.25, 0.3) is 10.9 Å². The summed E-state index contributed by atoms with van der Waals surface area (Å²) in [4.78, 5) is 16.2. The van der Waals surface area contributed by atoms with Gasteiger partial charge >= 0.3 is 0 Å². The van der Waals surface area contributed by atoms with Gasteiger partial charge in [-0.05, 0) is 55.2 Å². The van der Waals surface area contributed by atoms with Gasteiger partial charge in [0.25, 0.3) is 0 Å². The molecule has 2 aromatic carbocycles. The Morgan fingerprint density at radius 1 is 1.28 bits per heavy atom. The molecule has 0 radical (unpaired) electrons. The number of aryl methyl sites for hydroxylation is 1. The fraction of sp³-hybridized carbons (Fsp3) is 0.250. The molecule has 5 heteroatoms. The van der Waals surface area contributed by atoms with E-state index in [4.69, 9.17) is 16.3 Å². The number of anilines is 1. The number of amides is 1. The van der Waals surface area contributed by atoms with Crippen LogP contribution in [0.1, 0.15) is 17.7 Å². The van der Waals surface area contributed by atoms with Crippen molar-refractivity contribution in [2.75, 3.05) is 12.4 Å². The zero-order valence-electron chi connectivity index (χ0n) is 13.9. The number of hydrogen-bond acceptors (Lipinski definition) is 2. The van der Waals surface area contributed by atoms with Gasteiger partial charge in [-0.1, -0.05) is 23.7 Å². The number of carbonyl (C=O) groups excluding carboxylic acids is 1. The highest BCUT2D eigenvalue weighted by molar-refractivity contribution is 6.31. The largest absolute Gasteiger partial charge is 0.495 e. The second kappa shape index (κ2) is 6.45. The number of para-hydroxylation sites is 2. The number of aromatic nitrogens is 1. The van der Waals surface area contributed by atoms with E-state index < -0.39 is 0 Å². The van der Waals surface area contributed by atoms with Crippen molar-refractivity contribution in [3.05, 3.63) is 58.7 Å². The molecule has 1 amide bonds. The third-order valence-electron chi connectivity index (χ3n) is 4.89. The highest BCUT2D eigenvalue weighted by Crippen LogP contribution is 2.34. The number of aromatic amines is 1. The molecule has 1 atom stereocenters. The molecule has 2 N–H and O–H groups in total. The highest BCUT2D eigenvalue weighted by Gasteiger charge is 2.27. The van der Waals surface area contributed by atoms with Crippen molar-refractivity contribution in [3.63, 3.8) is 0 Å². The summed E-state index contributed by atoms with van der Waals surface area (Å²) in [7, 11) is 1.60. The van der Waals surface area contributed by atoms with Crippen LogP contribution in [-0.2, 0) is 17.6 Å². The van der Waals surface area contributed by atoms with Crippen molar-refractivity contribution in [1.82, 2.24) is 4.98 Å². The van der Waals surface area contributed by atoms with Gasteiger partial charge in [0.15, 0.2) is 0 Å². The Hall–Kier alpha value is -2.46. The van der Waals surface area contributed by atoms with Gasteiger partial charge in [-0.25, -0.2) is 0 Å². The standard InChI is InChI=1S/C20H19ClN2O2/c1-25-19-5-3-2-4-18(19)23-20(24)12-6-8-16-14(10-12)15-11-13(21)7-9-17(15)22-16/h2-5,7,9,11-12,22H,6,8,10H2,1H3,(H,23,24). The monoisotopic (exact) mass is 354 g/mol. The minimum absolute atomic E-state index is 0.0338. The van der Waals surface area contributed by atoms with Crippen LogP contribution < -0.4 is 10.1 Å². The number of hydrogen-bond donors (Lipinski definition) is 2. The molecule has 4 rings (SSSR count). The second-order valence-electron chi connectivity index (χ2n) is 6.40. The van der Waals surface area contributed by atoms with Crippen LogP contribution in [0.3, 0.4) is 0 Å². The van der Waals surface area contributed by atoms with Gasteiger partial charge in [0.2, 0.25) is 5.91 Å². The minimum Gasteiger partial charge on any atom is -0.495 e. The Balaban J connectivity index is 1.58. The maximum Gasteiger partial charge on any atom is 0.227 e. The van der Waals surface area contributed by atoms with Crippen molar-refractivity contribution in [1.29, 1.82) is 0 Å². The normalized spacial score (nSPS) is 16.5. The van der Waals surface area contributed by atoms with Crippen molar-refractivity contribution in [2.45, 2.75) is 19.3 Å². The lowest BCUT2D eigenvalue weighted by Crippen LogP contribution is -2.28. The Morgan fingerprint density at radius 3 is 2.96 bits per heavy atom. The number of halogens is 1. The van der Waals surface area contributed by atoms with Crippen LogP contribution in [0.5, 0.6) is 5.75 Å². The lowest BCUT2D eigenvalue weighted by molar-refractivity contribution is -0.120. The summed E-state index contributed by atoms with van der Waals surface area (Å²) < 4.78 is 5.31. The maximum atomic E-state index is 12.8. The van der Waals surface area contributed by atoms with Crippen molar-refractivity contribution < 1.29 is 9.53 Å². The minimum atomic E-state index is -0.0598. The van der Waals surface area contributed by atoms with Gasteiger partial charge in [-0.15, -0.1) is 0 Å². The van der Waals surface area contributed by atoms with Gasteiger partial charge in [-0.2, -0.15) is 0 Å². The quantitative estimate of drug-likeness (QED) is 0.723. The van der Waals surface area contributed by atoms with Gasteiger partial charge in [0.05, 0.1) is 12.8 Å². The molecule has 0 saturated heterocycles. The molecule has 25 heavy (non-hydrogen) atoms. The predicted molar refractivity (Wildman–Crippen MR) is 100 cm³/mol.